The van der Waals surface area contributed by atoms with Crippen molar-refractivity contribution in [2.45, 2.75) is 58.1 Å². The van der Waals surface area contributed by atoms with Crippen LogP contribution < -0.4 is 4.90 Å². The van der Waals surface area contributed by atoms with E-state index in [4.69, 9.17) is 4.74 Å². The molecule has 0 bridgehead atoms. The fourth-order valence-electron chi connectivity index (χ4n) is 4.10. The molecule has 0 saturated heterocycles. The summed E-state index contributed by atoms with van der Waals surface area (Å²) >= 11 is 0. The number of ether oxygens (including phenoxy) is 1. The van der Waals surface area contributed by atoms with Crippen LogP contribution in [-0.4, -0.2) is 34.3 Å². The number of aromatic hydroxyl groups is 1. The van der Waals surface area contributed by atoms with Gasteiger partial charge in [-0.05, 0) is 44.0 Å². The van der Waals surface area contributed by atoms with Gasteiger partial charge in [0.25, 0.3) is 0 Å². The number of amides is 1. The van der Waals surface area contributed by atoms with Crippen LogP contribution in [0.5, 0.6) is 5.75 Å². The van der Waals surface area contributed by atoms with E-state index in [-0.39, 0.29) is 36.5 Å². The van der Waals surface area contributed by atoms with E-state index in [1.54, 1.807) is 17.0 Å². The van der Waals surface area contributed by atoms with Crippen molar-refractivity contribution >= 4 is 29.0 Å². The summed E-state index contributed by atoms with van der Waals surface area (Å²) in [5.41, 5.74) is 3.77. The SMILES string of the molecule is CC(C)(C)OC(=O)CCC(=O)N1c2ccccc2CC1C1=Nc2c(O)cccc2C1. The molecule has 1 atom stereocenters. The van der Waals surface area contributed by atoms with Gasteiger partial charge in [-0.1, -0.05) is 30.3 Å². The number of rotatable bonds is 4. The number of hydrogen-bond acceptors (Lipinski definition) is 5. The van der Waals surface area contributed by atoms with Crippen molar-refractivity contribution in [3.05, 3.63) is 53.6 Å². The molecule has 1 N–H and O–H groups in total. The number of phenolic OH excluding ortho intramolecular Hbond substituents is 1. The molecule has 2 aliphatic heterocycles. The van der Waals surface area contributed by atoms with Gasteiger partial charge in [0.2, 0.25) is 5.91 Å². The molecular formula is C24H26N2O4. The third-order valence-electron chi connectivity index (χ3n) is 5.32. The Hall–Kier alpha value is -3.15. The molecule has 6 nitrogen and oxygen atoms in total. The van der Waals surface area contributed by atoms with Crippen LogP contribution in [0, 0.1) is 0 Å². The summed E-state index contributed by atoms with van der Waals surface area (Å²) < 4.78 is 5.34. The topological polar surface area (TPSA) is 79.2 Å². The summed E-state index contributed by atoms with van der Waals surface area (Å²) in [6.07, 6.45) is 1.38. The summed E-state index contributed by atoms with van der Waals surface area (Å²) in [5, 5.41) is 10.1. The summed E-state index contributed by atoms with van der Waals surface area (Å²) in [6.45, 7) is 5.43. The minimum absolute atomic E-state index is 0.0367. The van der Waals surface area contributed by atoms with E-state index >= 15 is 0 Å². The molecule has 2 heterocycles. The summed E-state index contributed by atoms with van der Waals surface area (Å²) in [6, 6.07) is 13.0. The number of benzene rings is 2. The van der Waals surface area contributed by atoms with Crippen LogP contribution in [0.25, 0.3) is 0 Å². The van der Waals surface area contributed by atoms with Gasteiger partial charge in [-0.2, -0.15) is 0 Å². The Kier molecular flexibility index (Phi) is 5.10. The normalized spacial score (nSPS) is 17.4. The Morgan fingerprint density at radius 2 is 1.83 bits per heavy atom. The zero-order valence-corrected chi connectivity index (χ0v) is 17.5. The number of para-hydroxylation sites is 2. The van der Waals surface area contributed by atoms with E-state index in [1.165, 1.54) is 0 Å². The van der Waals surface area contributed by atoms with Crippen molar-refractivity contribution in [1.29, 1.82) is 0 Å². The van der Waals surface area contributed by atoms with Crippen LogP contribution in [0.1, 0.15) is 44.7 Å². The summed E-state index contributed by atoms with van der Waals surface area (Å²) in [5.74, 6) is -0.352. The molecule has 2 aliphatic rings. The standard InChI is InChI=1S/C24H26N2O4/c1-24(2,3)30-22(29)12-11-21(28)26-18-9-5-4-7-15(18)14-19(26)17-13-16-8-6-10-20(27)23(16)25-17/h4-10,19,27H,11-14H2,1-3H3. The molecule has 6 heteroatoms. The highest BCUT2D eigenvalue weighted by atomic mass is 16.6. The lowest BCUT2D eigenvalue weighted by Gasteiger charge is -2.26. The second-order valence-corrected chi connectivity index (χ2v) is 8.76. The Bertz CT molecular complexity index is 1040. The number of hydrogen-bond donors (Lipinski definition) is 1. The first kappa shape index (κ1) is 20.1. The first-order valence-electron chi connectivity index (χ1n) is 10.2. The van der Waals surface area contributed by atoms with Gasteiger partial charge in [-0.15, -0.1) is 0 Å². The number of phenols is 1. The molecule has 1 amide bonds. The van der Waals surface area contributed by atoms with Gasteiger partial charge >= 0.3 is 5.97 Å². The molecule has 0 radical (unpaired) electrons. The Morgan fingerprint density at radius 1 is 1.10 bits per heavy atom. The molecule has 2 aromatic carbocycles. The average Bonchev–Trinajstić information content (AvgIpc) is 3.27. The van der Waals surface area contributed by atoms with E-state index in [1.807, 2.05) is 51.1 Å². The average molecular weight is 406 g/mol. The molecule has 0 fully saturated rings. The van der Waals surface area contributed by atoms with E-state index in [0.29, 0.717) is 18.5 Å². The van der Waals surface area contributed by atoms with Gasteiger partial charge in [0.1, 0.15) is 17.0 Å². The molecule has 0 saturated carbocycles. The lowest BCUT2D eigenvalue weighted by atomic mass is 10.0. The van der Waals surface area contributed by atoms with Gasteiger partial charge in [0.15, 0.2) is 0 Å². The van der Waals surface area contributed by atoms with Gasteiger partial charge in [0, 0.05) is 30.7 Å². The van der Waals surface area contributed by atoms with E-state index in [0.717, 1.165) is 22.5 Å². The van der Waals surface area contributed by atoms with Gasteiger partial charge in [-0.3, -0.25) is 14.6 Å². The molecule has 2 aromatic rings. The van der Waals surface area contributed by atoms with Gasteiger partial charge in [0.05, 0.1) is 12.5 Å². The quantitative estimate of drug-likeness (QED) is 0.776. The number of esters is 1. The summed E-state index contributed by atoms with van der Waals surface area (Å²) in [7, 11) is 0. The van der Waals surface area contributed by atoms with Crippen molar-refractivity contribution < 1.29 is 19.4 Å². The zero-order chi connectivity index (χ0) is 21.5. The number of fused-ring (bicyclic) bond motifs is 2. The predicted molar refractivity (Wildman–Crippen MR) is 115 cm³/mol. The van der Waals surface area contributed by atoms with E-state index in [2.05, 4.69) is 4.99 Å². The first-order valence-corrected chi connectivity index (χ1v) is 10.2. The lowest BCUT2D eigenvalue weighted by molar-refractivity contribution is -0.155. The highest BCUT2D eigenvalue weighted by Crippen LogP contribution is 2.40. The number of aliphatic imine (C=N–C) groups is 1. The largest absolute Gasteiger partial charge is 0.506 e. The summed E-state index contributed by atoms with van der Waals surface area (Å²) in [4.78, 5) is 31.7. The smallest absolute Gasteiger partial charge is 0.306 e. The fourth-order valence-corrected chi connectivity index (χ4v) is 4.10. The Labute approximate surface area is 176 Å². The molecule has 156 valence electrons. The molecule has 30 heavy (non-hydrogen) atoms. The molecule has 4 rings (SSSR count). The molecule has 0 aliphatic carbocycles. The maximum atomic E-state index is 13.2. The van der Waals surface area contributed by atoms with E-state index < -0.39 is 5.60 Å². The predicted octanol–water partition coefficient (Wildman–Crippen LogP) is 4.10. The lowest BCUT2D eigenvalue weighted by Crippen LogP contribution is -2.43. The Morgan fingerprint density at radius 3 is 2.57 bits per heavy atom. The van der Waals surface area contributed by atoms with Gasteiger partial charge in [-0.25, -0.2) is 0 Å². The fraction of sp³-hybridized carbons (Fsp3) is 0.375. The first-order chi connectivity index (χ1) is 14.2. The minimum Gasteiger partial charge on any atom is -0.506 e. The molecule has 1 unspecified atom stereocenters. The highest BCUT2D eigenvalue weighted by molar-refractivity contribution is 6.09. The zero-order valence-electron chi connectivity index (χ0n) is 17.5. The van der Waals surface area contributed by atoms with Crippen LogP contribution >= 0.6 is 0 Å². The molecular weight excluding hydrogens is 380 g/mol. The van der Waals surface area contributed by atoms with E-state index in [9.17, 15) is 14.7 Å². The van der Waals surface area contributed by atoms with Crippen LogP contribution in [0.2, 0.25) is 0 Å². The second kappa shape index (κ2) is 7.59. The third kappa shape index (κ3) is 3.95. The number of nitrogens with zero attached hydrogens (tertiary/aromatic N) is 2. The van der Waals surface area contributed by atoms with Crippen molar-refractivity contribution in [3.8, 4) is 5.75 Å². The minimum atomic E-state index is -0.574. The highest BCUT2D eigenvalue weighted by Gasteiger charge is 2.38. The maximum absolute atomic E-state index is 13.2. The van der Waals surface area contributed by atoms with Crippen molar-refractivity contribution in [2.75, 3.05) is 4.90 Å². The number of anilines is 1. The van der Waals surface area contributed by atoms with Crippen LogP contribution in [0.3, 0.4) is 0 Å². The van der Waals surface area contributed by atoms with Gasteiger partial charge < -0.3 is 14.7 Å². The van der Waals surface area contributed by atoms with Crippen LogP contribution in [-0.2, 0) is 27.2 Å². The third-order valence-corrected chi connectivity index (χ3v) is 5.32. The second-order valence-electron chi connectivity index (χ2n) is 8.76. The number of carbonyl (C=O) groups is 2. The van der Waals surface area contributed by atoms with Crippen LogP contribution in [0.4, 0.5) is 11.4 Å². The molecule has 0 spiro atoms. The monoisotopic (exact) mass is 406 g/mol. The number of carbonyl (C=O) groups excluding carboxylic acids is 2. The van der Waals surface area contributed by atoms with Crippen molar-refractivity contribution in [1.82, 2.24) is 0 Å². The maximum Gasteiger partial charge on any atom is 0.306 e. The molecule has 0 aromatic heterocycles. The van der Waals surface area contributed by atoms with Crippen LogP contribution in [0.15, 0.2) is 47.5 Å². The van der Waals surface area contributed by atoms with Crippen molar-refractivity contribution in [3.63, 3.8) is 0 Å². The Balaban J connectivity index is 1.56. The van der Waals surface area contributed by atoms with Crippen molar-refractivity contribution in [2.24, 2.45) is 4.99 Å².